The van der Waals surface area contributed by atoms with Crippen molar-refractivity contribution in [2.24, 2.45) is 0 Å². The molecule has 4 aromatic rings. The van der Waals surface area contributed by atoms with Crippen LogP contribution in [0, 0.1) is 20.8 Å². The first-order valence-corrected chi connectivity index (χ1v) is 11.7. The molecule has 0 fully saturated rings. The van der Waals surface area contributed by atoms with E-state index in [-0.39, 0.29) is 0 Å². The van der Waals surface area contributed by atoms with Crippen molar-refractivity contribution < 1.29 is 8.42 Å². The summed E-state index contributed by atoms with van der Waals surface area (Å²) in [5.74, 6) is 0.678. The van der Waals surface area contributed by atoms with Crippen LogP contribution < -0.4 is 4.72 Å². The molecule has 4 rings (SSSR count). The predicted octanol–water partition coefficient (Wildman–Crippen LogP) is 3.90. The Morgan fingerprint density at radius 1 is 1.07 bits per heavy atom. The van der Waals surface area contributed by atoms with Crippen molar-refractivity contribution in [3.8, 4) is 11.4 Å². The van der Waals surface area contributed by atoms with Crippen molar-refractivity contribution in [1.82, 2.24) is 19.3 Å². The van der Waals surface area contributed by atoms with E-state index in [0.717, 1.165) is 32.9 Å². The van der Waals surface area contributed by atoms with E-state index in [4.69, 9.17) is 0 Å². The predicted molar refractivity (Wildman–Crippen MR) is 116 cm³/mol. The second kappa shape index (κ2) is 7.70. The van der Waals surface area contributed by atoms with Gasteiger partial charge in [-0.15, -0.1) is 16.4 Å². The molecule has 6 nitrogen and oxygen atoms in total. The molecule has 0 saturated heterocycles. The fourth-order valence-electron chi connectivity index (χ4n) is 3.08. The quantitative estimate of drug-likeness (QED) is 0.507. The van der Waals surface area contributed by atoms with E-state index >= 15 is 0 Å². The number of nitrogens with one attached hydrogen (secondary N) is 1. The van der Waals surface area contributed by atoms with E-state index < -0.39 is 10.0 Å². The Kier molecular flexibility index (Phi) is 5.24. The van der Waals surface area contributed by atoms with Crippen LogP contribution in [0.3, 0.4) is 0 Å². The highest BCUT2D eigenvalue weighted by Gasteiger charge is 2.16. The van der Waals surface area contributed by atoms with Crippen LogP contribution in [0.5, 0.6) is 0 Å². The summed E-state index contributed by atoms with van der Waals surface area (Å²) in [7, 11) is -3.54. The highest BCUT2D eigenvalue weighted by Crippen LogP contribution is 2.22. The summed E-state index contributed by atoms with van der Waals surface area (Å²) < 4.78 is 29.6. The van der Waals surface area contributed by atoms with Crippen molar-refractivity contribution in [3.05, 3.63) is 70.2 Å². The minimum atomic E-state index is -3.54. The number of hydrogen-bond acceptors (Lipinski definition) is 5. The molecule has 2 aromatic heterocycles. The number of fused-ring (bicyclic) bond motifs is 1. The highest BCUT2D eigenvalue weighted by molar-refractivity contribution is 7.89. The minimum Gasteiger partial charge on any atom is -0.211 e. The minimum absolute atomic E-state index is 0.290. The van der Waals surface area contributed by atoms with Gasteiger partial charge in [-0.3, -0.25) is 0 Å². The third-order valence-corrected chi connectivity index (χ3v) is 7.21. The maximum atomic E-state index is 12.6. The fraction of sp³-hybridized carbons (Fsp3) is 0.238. The Morgan fingerprint density at radius 3 is 2.66 bits per heavy atom. The lowest BCUT2D eigenvalue weighted by molar-refractivity contribution is 0.581. The van der Waals surface area contributed by atoms with Crippen LogP contribution in [-0.4, -0.2) is 29.6 Å². The lowest BCUT2D eigenvalue weighted by Gasteiger charge is -2.08. The Hall–Kier alpha value is -2.55. The monoisotopic (exact) mass is 426 g/mol. The molecule has 0 radical (unpaired) electrons. The normalized spacial score (nSPS) is 12.0. The lowest BCUT2D eigenvalue weighted by Crippen LogP contribution is -2.26. The average Bonchev–Trinajstić information content (AvgIpc) is 3.25. The Morgan fingerprint density at radius 2 is 1.90 bits per heavy atom. The zero-order valence-corrected chi connectivity index (χ0v) is 18.1. The van der Waals surface area contributed by atoms with Gasteiger partial charge in [0.05, 0.1) is 10.6 Å². The van der Waals surface area contributed by atoms with Crippen molar-refractivity contribution >= 4 is 26.3 Å². The number of rotatable bonds is 6. The molecule has 0 atom stereocenters. The highest BCUT2D eigenvalue weighted by atomic mass is 32.2. The summed E-state index contributed by atoms with van der Waals surface area (Å²) >= 11 is 1.50. The standard InChI is InChI=1S/C21H22N4O2S2/c1-14-5-4-6-17(11-14)20-23-21-25(24-20)18(13-28-21)9-10-22-29(26,27)19-8-7-15(2)16(3)12-19/h4-8,11-13,22H,9-10H2,1-3H3. The molecular formula is C21H22N4O2S2. The van der Waals surface area contributed by atoms with Crippen LogP contribution in [0.2, 0.25) is 0 Å². The van der Waals surface area contributed by atoms with Crippen molar-refractivity contribution in [2.45, 2.75) is 32.1 Å². The molecule has 2 heterocycles. The first kappa shape index (κ1) is 19.8. The summed E-state index contributed by atoms with van der Waals surface area (Å²) in [4.78, 5) is 5.69. The van der Waals surface area contributed by atoms with Crippen LogP contribution in [0.25, 0.3) is 16.3 Å². The van der Waals surface area contributed by atoms with Gasteiger partial charge in [-0.1, -0.05) is 29.8 Å². The molecule has 1 N–H and O–H groups in total. The Bertz CT molecular complexity index is 1290. The van der Waals surface area contributed by atoms with Crippen molar-refractivity contribution in [3.63, 3.8) is 0 Å². The van der Waals surface area contributed by atoms with E-state index in [1.54, 1.807) is 16.6 Å². The number of sulfonamides is 1. The van der Waals surface area contributed by atoms with Crippen LogP contribution in [0.1, 0.15) is 22.4 Å². The van der Waals surface area contributed by atoms with Crippen LogP contribution in [-0.2, 0) is 16.4 Å². The third-order valence-electron chi connectivity index (χ3n) is 4.89. The molecule has 0 aliphatic carbocycles. The maximum absolute atomic E-state index is 12.6. The van der Waals surface area contributed by atoms with Crippen molar-refractivity contribution in [1.29, 1.82) is 0 Å². The summed E-state index contributed by atoms with van der Waals surface area (Å²) in [6.07, 6.45) is 0.528. The number of aromatic nitrogens is 3. The molecule has 0 aliphatic rings. The van der Waals surface area contributed by atoms with Gasteiger partial charge in [0, 0.05) is 23.9 Å². The molecule has 0 bridgehead atoms. The molecule has 8 heteroatoms. The van der Waals surface area contributed by atoms with Crippen LogP contribution >= 0.6 is 11.3 Å². The molecule has 150 valence electrons. The van der Waals surface area contributed by atoms with E-state index in [1.165, 1.54) is 11.3 Å². The first-order chi connectivity index (χ1) is 13.8. The molecular weight excluding hydrogens is 404 g/mol. The second-order valence-electron chi connectivity index (χ2n) is 7.12. The number of thiazole rings is 1. The molecule has 0 unspecified atom stereocenters. The smallest absolute Gasteiger partial charge is 0.211 e. The topological polar surface area (TPSA) is 76.4 Å². The SMILES string of the molecule is Cc1cccc(-c2nc3scc(CCNS(=O)(=O)c4ccc(C)c(C)c4)n3n2)c1. The second-order valence-corrected chi connectivity index (χ2v) is 9.72. The fourth-order valence-corrected chi connectivity index (χ4v) is 5.05. The van der Waals surface area contributed by atoms with Gasteiger partial charge in [-0.05, 0) is 50.1 Å². The molecule has 0 spiro atoms. The van der Waals surface area contributed by atoms with E-state index in [0.29, 0.717) is 23.7 Å². The van der Waals surface area contributed by atoms with E-state index in [1.807, 2.05) is 50.4 Å². The summed E-state index contributed by atoms with van der Waals surface area (Å²) in [5.41, 5.74) is 5.09. The number of benzene rings is 2. The van der Waals surface area contributed by atoms with Gasteiger partial charge >= 0.3 is 0 Å². The molecule has 0 saturated carbocycles. The number of nitrogens with zero attached hydrogens (tertiary/aromatic N) is 3. The summed E-state index contributed by atoms with van der Waals surface area (Å²) in [6, 6.07) is 13.2. The Balaban J connectivity index is 1.49. The number of hydrogen-bond donors (Lipinski definition) is 1. The van der Waals surface area contributed by atoms with Gasteiger partial charge in [0.1, 0.15) is 0 Å². The van der Waals surface area contributed by atoms with E-state index in [2.05, 4.69) is 20.9 Å². The van der Waals surface area contributed by atoms with Gasteiger partial charge in [0.2, 0.25) is 15.0 Å². The Labute approximate surface area is 174 Å². The first-order valence-electron chi connectivity index (χ1n) is 9.30. The van der Waals surface area contributed by atoms with Gasteiger partial charge in [-0.25, -0.2) is 17.7 Å². The average molecular weight is 427 g/mol. The number of aryl methyl sites for hydroxylation is 3. The lowest BCUT2D eigenvalue weighted by atomic mass is 10.1. The third kappa shape index (κ3) is 4.10. The maximum Gasteiger partial charge on any atom is 0.240 e. The van der Waals surface area contributed by atoms with Crippen LogP contribution in [0.4, 0.5) is 0 Å². The van der Waals surface area contributed by atoms with E-state index in [9.17, 15) is 8.42 Å². The van der Waals surface area contributed by atoms with Gasteiger partial charge < -0.3 is 0 Å². The molecule has 0 amide bonds. The summed E-state index contributed by atoms with van der Waals surface area (Å²) in [6.45, 7) is 6.20. The van der Waals surface area contributed by atoms with Crippen LogP contribution in [0.15, 0.2) is 52.7 Å². The zero-order chi connectivity index (χ0) is 20.6. The molecule has 29 heavy (non-hydrogen) atoms. The molecule has 0 aliphatic heterocycles. The van der Waals surface area contributed by atoms with Crippen molar-refractivity contribution in [2.75, 3.05) is 6.54 Å². The van der Waals surface area contributed by atoms with Gasteiger partial charge in [0.25, 0.3) is 0 Å². The summed E-state index contributed by atoms with van der Waals surface area (Å²) in [5, 5.41) is 6.59. The largest absolute Gasteiger partial charge is 0.240 e. The zero-order valence-electron chi connectivity index (χ0n) is 16.5. The van der Waals surface area contributed by atoms with Gasteiger partial charge in [0.15, 0.2) is 5.82 Å². The molecule has 2 aromatic carbocycles. The van der Waals surface area contributed by atoms with Gasteiger partial charge in [-0.2, -0.15) is 4.98 Å².